The summed E-state index contributed by atoms with van der Waals surface area (Å²) < 4.78 is 27.5. The molecule has 0 saturated carbocycles. The van der Waals surface area contributed by atoms with E-state index in [-0.39, 0.29) is 0 Å². The molecule has 0 bridgehead atoms. The van der Waals surface area contributed by atoms with Crippen LogP contribution in [0.3, 0.4) is 0 Å². The van der Waals surface area contributed by atoms with Crippen LogP contribution >= 0.6 is 11.6 Å². The average molecular weight is 272 g/mol. The first kappa shape index (κ1) is 13.0. The molecule has 96 valence electrons. The highest BCUT2D eigenvalue weighted by atomic mass is 35.5. The normalized spacial score (nSPS) is 11.2. The van der Waals surface area contributed by atoms with Crippen LogP contribution in [0.15, 0.2) is 30.6 Å². The van der Waals surface area contributed by atoms with Gasteiger partial charge in [-0.25, -0.2) is 8.78 Å². The van der Waals surface area contributed by atoms with Gasteiger partial charge in [0.25, 0.3) is 0 Å². The Morgan fingerprint density at radius 3 is 2.72 bits per heavy atom. The van der Waals surface area contributed by atoms with Gasteiger partial charge in [-0.15, -0.1) is 0 Å². The Bertz CT molecular complexity index is 542. The molecule has 2 aromatic rings. The zero-order chi connectivity index (χ0) is 13.1. The van der Waals surface area contributed by atoms with Gasteiger partial charge >= 0.3 is 0 Å². The minimum Gasteiger partial charge on any atom is -0.283 e. The molecule has 0 fully saturated rings. The Kier molecular flexibility index (Phi) is 3.93. The molecule has 2 rings (SSSR count). The lowest BCUT2D eigenvalue weighted by Gasteiger charge is -2.16. The second-order valence-corrected chi connectivity index (χ2v) is 4.54. The highest BCUT2D eigenvalue weighted by Gasteiger charge is 2.06. The van der Waals surface area contributed by atoms with Crippen LogP contribution in [0.5, 0.6) is 0 Å². The molecule has 18 heavy (non-hydrogen) atoms. The number of rotatable bonds is 4. The van der Waals surface area contributed by atoms with Crippen molar-refractivity contribution in [1.29, 1.82) is 0 Å². The van der Waals surface area contributed by atoms with E-state index in [1.807, 2.05) is 11.9 Å². The summed E-state index contributed by atoms with van der Waals surface area (Å²) in [5.41, 5.74) is 0.703. The topological polar surface area (TPSA) is 21.1 Å². The van der Waals surface area contributed by atoms with Crippen LogP contribution in [0.4, 0.5) is 8.78 Å². The smallest absolute Gasteiger partial charge is 0.159 e. The van der Waals surface area contributed by atoms with Gasteiger partial charge in [0.05, 0.1) is 17.9 Å². The molecule has 1 aromatic heterocycles. The van der Waals surface area contributed by atoms with Gasteiger partial charge in [-0.1, -0.05) is 17.7 Å². The fourth-order valence-electron chi connectivity index (χ4n) is 1.66. The van der Waals surface area contributed by atoms with Gasteiger partial charge in [-0.2, -0.15) is 5.10 Å². The first-order chi connectivity index (χ1) is 8.54. The first-order valence-corrected chi connectivity index (χ1v) is 5.73. The van der Waals surface area contributed by atoms with Gasteiger partial charge in [0, 0.05) is 12.7 Å². The van der Waals surface area contributed by atoms with Crippen molar-refractivity contribution in [2.45, 2.75) is 13.2 Å². The molecule has 0 amide bonds. The number of hydrogen-bond donors (Lipinski definition) is 0. The summed E-state index contributed by atoms with van der Waals surface area (Å²) in [4.78, 5) is 1.91. The summed E-state index contributed by atoms with van der Waals surface area (Å²) in [7, 11) is 1.86. The molecule has 0 spiro atoms. The van der Waals surface area contributed by atoms with Crippen LogP contribution in [0.2, 0.25) is 5.02 Å². The van der Waals surface area contributed by atoms with Crippen molar-refractivity contribution in [3.05, 3.63) is 52.8 Å². The standard InChI is InChI=1S/C12H12ClF2N3/c1-17(8-18-7-10(13)5-16-18)6-9-2-3-11(14)12(15)4-9/h2-5,7H,6,8H2,1H3. The van der Waals surface area contributed by atoms with E-state index in [9.17, 15) is 8.78 Å². The minimum absolute atomic E-state index is 0.495. The molecule has 3 nitrogen and oxygen atoms in total. The van der Waals surface area contributed by atoms with Gasteiger partial charge in [0.2, 0.25) is 0 Å². The van der Waals surface area contributed by atoms with Crippen molar-refractivity contribution < 1.29 is 8.78 Å². The molecule has 0 atom stereocenters. The van der Waals surface area contributed by atoms with E-state index >= 15 is 0 Å². The molecule has 6 heteroatoms. The summed E-state index contributed by atoms with van der Waals surface area (Å²) in [6.07, 6.45) is 3.25. The predicted molar refractivity (Wildman–Crippen MR) is 65.1 cm³/mol. The Morgan fingerprint density at radius 2 is 2.11 bits per heavy atom. The molecule has 1 aromatic carbocycles. The molecule has 0 radical (unpaired) electrons. The monoisotopic (exact) mass is 271 g/mol. The lowest BCUT2D eigenvalue weighted by Crippen LogP contribution is -2.21. The summed E-state index contributed by atoms with van der Waals surface area (Å²) in [5.74, 6) is -1.66. The molecule has 0 N–H and O–H groups in total. The van der Waals surface area contributed by atoms with Gasteiger partial charge in [-0.3, -0.25) is 9.58 Å². The van der Waals surface area contributed by atoms with Crippen LogP contribution in [-0.4, -0.2) is 21.7 Å². The van der Waals surface area contributed by atoms with Crippen LogP contribution in [0.25, 0.3) is 0 Å². The largest absolute Gasteiger partial charge is 0.283 e. The van der Waals surface area contributed by atoms with Gasteiger partial charge in [-0.05, 0) is 24.7 Å². The van der Waals surface area contributed by atoms with Crippen LogP contribution in [0, 0.1) is 11.6 Å². The highest BCUT2D eigenvalue weighted by molar-refractivity contribution is 6.30. The lowest BCUT2D eigenvalue weighted by atomic mass is 10.2. The second kappa shape index (κ2) is 5.46. The molecule has 0 saturated heterocycles. The zero-order valence-corrected chi connectivity index (χ0v) is 10.5. The van der Waals surface area contributed by atoms with E-state index < -0.39 is 11.6 Å². The number of hydrogen-bond acceptors (Lipinski definition) is 2. The summed E-state index contributed by atoms with van der Waals surface area (Å²) in [6.45, 7) is 1.01. The van der Waals surface area contributed by atoms with E-state index in [4.69, 9.17) is 11.6 Å². The van der Waals surface area contributed by atoms with Crippen molar-refractivity contribution >= 4 is 11.6 Å². The molecular weight excluding hydrogens is 260 g/mol. The van der Waals surface area contributed by atoms with E-state index in [2.05, 4.69) is 5.10 Å². The van der Waals surface area contributed by atoms with Crippen LogP contribution in [0.1, 0.15) is 5.56 Å². The molecule has 0 aliphatic carbocycles. The number of aromatic nitrogens is 2. The maximum absolute atomic E-state index is 13.0. The van der Waals surface area contributed by atoms with Gasteiger partial charge in [0.15, 0.2) is 11.6 Å². The Morgan fingerprint density at radius 1 is 1.33 bits per heavy atom. The second-order valence-electron chi connectivity index (χ2n) is 4.10. The summed E-state index contributed by atoms with van der Waals surface area (Å²) >= 11 is 5.75. The number of halogens is 3. The van der Waals surface area contributed by atoms with Crippen molar-refractivity contribution in [2.24, 2.45) is 0 Å². The third kappa shape index (κ3) is 3.27. The van der Waals surface area contributed by atoms with Gasteiger partial charge < -0.3 is 0 Å². The molecule has 1 heterocycles. The van der Waals surface area contributed by atoms with E-state index in [1.54, 1.807) is 23.1 Å². The molecule has 0 aliphatic heterocycles. The maximum Gasteiger partial charge on any atom is 0.159 e. The van der Waals surface area contributed by atoms with Crippen LogP contribution < -0.4 is 0 Å². The number of benzene rings is 1. The molecular formula is C12H12ClF2N3. The highest BCUT2D eigenvalue weighted by Crippen LogP contribution is 2.11. The average Bonchev–Trinajstić information content (AvgIpc) is 2.69. The molecule has 0 aliphatic rings. The quantitative estimate of drug-likeness (QED) is 0.853. The van der Waals surface area contributed by atoms with Gasteiger partial charge in [0.1, 0.15) is 0 Å². The predicted octanol–water partition coefficient (Wildman–Crippen LogP) is 2.90. The Hall–Kier alpha value is -1.46. The third-order valence-corrected chi connectivity index (χ3v) is 2.62. The summed E-state index contributed by atoms with van der Waals surface area (Å²) in [6, 6.07) is 3.89. The first-order valence-electron chi connectivity index (χ1n) is 5.35. The third-order valence-electron chi connectivity index (χ3n) is 2.42. The van der Waals surface area contributed by atoms with Crippen LogP contribution in [-0.2, 0) is 13.2 Å². The van der Waals surface area contributed by atoms with Crippen molar-refractivity contribution in [1.82, 2.24) is 14.7 Å². The van der Waals surface area contributed by atoms with E-state index in [1.165, 1.54) is 6.07 Å². The zero-order valence-electron chi connectivity index (χ0n) is 9.78. The number of nitrogens with zero attached hydrogens (tertiary/aromatic N) is 3. The molecule has 0 unspecified atom stereocenters. The van der Waals surface area contributed by atoms with Crippen molar-refractivity contribution in [3.63, 3.8) is 0 Å². The lowest BCUT2D eigenvalue weighted by molar-refractivity contribution is 0.246. The van der Waals surface area contributed by atoms with Crippen molar-refractivity contribution in [2.75, 3.05) is 7.05 Å². The minimum atomic E-state index is -0.833. The Balaban J connectivity index is 1.98. The maximum atomic E-state index is 13.0. The Labute approximate surface area is 109 Å². The fraction of sp³-hybridized carbons (Fsp3) is 0.250. The fourth-order valence-corrected chi connectivity index (χ4v) is 1.82. The van der Waals surface area contributed by atoms with E-state index in [0.29, 0.717) is 23.8 Å². The summed E-state index contributed by atoms with van der Waals surface area (Å²) in [5, 5.41) is 4.60. The van der Waals surface area contributed by atoms with E-state index in [0.717, 1.165) is 6.07 Å². The van der Waals surface area contributed by atoms with Crippen molar-refractivity contribution in [3.8, 4) is 0 Å². The SMILES string of the molecule is CN(Cc1ccc(F)c(F)c1)Cn1cc(Cl)cn1.